The number of Topliss-reactive ketones (excluding diaryl/α,β-unsaturated/α-hetero) is 1. The van der Waals surface area contributed by atoms with E-state index in [1.165, 1.54) is 24.3 Å². The number of rotatable bonds is 6. The van der Waals surface area contributed by atoms with Crippen molar-refractivity contribution in [2.24, 2.45) is 11.7 Å². The first-order valence-corrected chi connectivity index (χ1v) is 10.4. The Morgan fingerprint density at radius 2 is 2.04 bits per heavy atom. The monoisotopic (exact) mass is 395 g/mol. The van der Waals surface area contributed by atoms with Crippen LogP contribution in [0.25, 0.3) is 0 Å². The van der Waals surface area contributed by atoms with Crippen LogP contribution >= 0.6 is 22.9 Å². The van der Waals surface area contributed by atoms with Crippen LogP contribution in [0.5, 0.6) is 0 Å². The van der Waals surface area contributed by atoms with E-state index in [-0.39, 0.29) is 11.8 Å². The van der Waals surface area contributed by atoms with Gasteiger partial charge in [-0.15, -0.1) is 11.3 Å². The van der Waals surface area contributed by atoms with Crippen molar-refractivity contribution in [3.63, 3.8) is 0 Å². The molecule has 2 unspecified atom stereocenters. The van der Waals surface area contributed by atoms with E-state index in [0.717, 1.165) is 6.42 Å². The Morgan fingerprint density at radius 1 is 1.46 bits per heavy atom. The van der Waals surface area contributed by atoms with E-state index in [9.17, 15) is 13.8 Å². The Balaban J connectivity index is 0.000000506. The molecular weight excluding hydrogens is 370 g/mol. The van der Waals surface area contributed by atoms with Crippen LogP contribution in [0.2, 0.25) is 5.02 Å². The molecule has 0 aliphatic rings. The average molecular weight is 396 g/mol. The first-order chi connectivity index (χ1) is 11.0. The molecule has 24 heavy (non-hydrogen) atoms. The number of nitrogens with one attached hydrogen (secondary N) is 2. The standard InChI is InChI=1S/C8H11ClN2O2S2.C7H15NO/c1-3-10-8(12)11-15(2,13)7-4-6(9)5-14-7;1-5(2)4-7(8)6(3)9/h4-5H,2-3H2,1H3,(H2,10,11,12,13);5,7H,4,8H2,1-3H3. The Kier molecular flexibility index (Phi) is 10.2. The maximum Gasteiger partial charge on any atom is 0.326 e. The molecule has 9 heteroatoms. The van der Waals surface area contributed by atoms with Crippen molar-refractivity contribution < 1.29 is 13.8 Å². The van der Waals surface area contributed by atoms with Gasteiger partial charge >= 0.3 is 6.03 Å². The second-order valence-corrected chi connectivity index (χ2v) is 9.17. The minimum absolute atomic E-state index is 0.0868. The van der Waals surface area contributed by atoms with Gasteiger partial charge in [0.2, 0.25) is 0 Å². The summed E-state index contributed by atoms with van der Waals surface area (Å²) < 4.78 is 14.7. The summed E-state index contributed by atoms with van der Waals surface area (Å²) in [6.45, 7) is 7.89. The highest BCUT2D eigenvalue weighted by atomic mass is 35.5. The summed E-state index contributed by atoms with van der Waals surface area (Å²) in [5.74, 6) is 4.09. The highest BCUT2D eigenvalue weighted by molar-refractivity contribution is 8.00. The van der Waals surface area contributed by atoms with E-state index in [2.05, 4.69) is 29.8 Å². The Bertz CT molecular complexity index is 642. The van der Waals surface area contributed by atoms with Gasteiger partial charge in [-0.1, -0.05) is 25.4 Å². The lowest BCUT2D eigenvalue weighted by Crippen LogP contribution is -2.38. The number of carbonyl (C=O) groups excluding carboxylic acids is 2. The maximum absolute atomic E-state index is 12.0. The fourth-order valence-electron chi connectivity index (χ4n) is 1.54. The van der Waals surface area contributed by atoms with Gasteiger partial charge in [0.05, 0.1) is 20.8 Å². The lowest BCUT2D eigenvalue weighted by atomic mass is 10.0. The van der Waals surface area contributed by atoms with E-state index >= 15 is 0 Å². The summed E-state index contributed by atoms with van der Waals surface area (Å²) in [5, 5.41) is 4.61. The van der Waals surface area contributed by atoms with E-state index in [0.29, 0.717) is 21.7 Å². The molecule has 0 aliphatic carbocycles. The summed E-state index contributed by atoms with van der Waals surface area (Å²) in [7, 11) is -2.79. The first-order valence-electron chi connectivity index (χ1n) is 7.42. The molecule has 0 spiro atoms. The van der Waals surface area contributed by atoms with Gasteiger partial charge < -0.3 is 11.1 Å². The Morgan fingerprint density at radius 3 is 2.38 bits per heavy atom. The number of hydrogen-bond acceptors (Lipinski definition) is 5. The van der Waals surface area contributed by atoms with E-state index in [1.54, 1.807) is 12.3 Å². The summed E-state index contributed by atoms with van der Waals surface area (Å²) >= 11 is 6.90. The van der Waals surface area contributed by atoms with Crippen molar-refractivity contribution in [2.45, 2.75) is 44.4 Å². The zero-order valence-corrected chi connectivity index (χ0v) is 16.8. The van der Waals surface area contributed by atoms with E-state index in [4.69, 9.17) is 17.3 Å². The molecule has 6 nitrogen and oxygen atoms in total. The minimum Gasteiger partial charge on any atom is -0.338 e. The zero-order valence-electron chi connectivity index (χ0n) is 14.4. The smallest absolute Gasteiger partial charge is 0.326 e. The van der Waals surface area contributed by atoms with Crippen LogP contribution in [0.15, 0.2) is 15.7 Å². The number of carbonyl (C=O) groups is 2. The second kappa shape index (κ2) is 10.7. The van der Waals surface area contributed by atoms with Gasteiger partial charge in [-0.25, -0.2) is 9.00 Å². The van der Waals surface area contributed by atoms with Crippen LogP contribution in [-0.4, -0.2) is 34.5 Å². The molecule has 2 amide bonds. The number of nitrogens with two attached hydrogens (primary N) is 1. The molecule has 1 heterocycles. The van der Waals surface area contributed by atoms with Crippen molar-refractivity contribution in [3.8, 4) is 0 Å². The van der Waals surface area contributed by atoms with Crippen LogP contribution < -0.4 is 15.8 Å². The molecule has 0 aliphatic heterocycles. The van der Waals surface area contributed by atoms with E-state index in [1.807, 2.05) is 0 Å². The predicted molar refractivity (Wildman–Crippen MR) is 103 cm³/mol. The van der Waals surface area contributed by atoms with Crippen LogP contribution in [0.1, 0.15) is 34.1 Å². The number of hydrogen-bond donors (Lipinski definition) is 3. The molecule has 0 aromatic carbocycles. The first kappa shape index (κ1) is 22.9. The molecule has 0 saturated carbocycles. The second-order valence-electron chi connectivity index (χ2n) is 5.57. The van der Waals surface area contributed by atoms with Crippen LogP contribution in [0.3, 0.4) is 0 Å². The van der Waals surface area contributed by atoms with Gasteiger partial charge in [0, 0.05) is 11.9 Å². The SMILES string of the molecule is C=S(=O)(NC(=O)NCC)c1cc(Cl)cs1.CC(=O)C(N)CC(C)C. The van der Waals surface area contributed by atoms with Gasteiger partial charge in [0.1, 0.15) is 9.99 Å². The van der Waals surface area contributed by atoms with Gasteiger partial charge in [-0.05, 0) is 38.1 Å². The summed E-state index contributed by atoms with van der Waals surface area (Å²) in [6.07, 6.45) is 0.801. The number of ketones is 1. The van der Waals surface area contributed by atoms with Crippen LogP contribution in [0.4, 0.5) is 4.79 Å². The number of thiophene rings is 1. The summed E-state index contributed by atoms with van der Waals surface area (Å²) in [6, 6.07) is 0.792. The molecule has 0 fully saturated rings. The maximum atomic E-state index is 12.0. The molecule has 4 N–H and O–H groups in total. The average Bonchev–Trinajstić information content (AvgIpc) is 2.85. The largest absolute Gasteiger partial charge is 0.338 e. The third-order valence-electron chi connectivity index (χ3n) is 2.71. The van der Waals surface area contributed by atoms with Crippen molar-refractivity contribution in [3.05, 3.63) is 16.5 Å². The minimum atomic E-state index is -2.79. The fourth-order valence-corrected chi connectivity index (χ4v) is 4.08. The Labute approximate surface area is 153 Å². The number of halogens is 1. The normalized spacial score (nSPS) is 14.1. The highest BCUT2D eigenvalue weighted by Gasteiger charge is 2.13. The lowest BCUT2D eigenvalue weighted by Gasteiger charge is -2.09. The van der Waals surface area contributed by atoms with Crippen LogP contribution in [0, 0.1) is 5.92 Å². The molecule has 2 atom stereocenters. The van der Waals surface area contributed by atoms with Gasteiger partial charge in [0.15, 0.2) is 0 Å². The van der Waals surface area contributed by atoms with Crippen molar-refractivity contribution in [1.29, 1.82) is 0 Å². The van der Waals surface area contributed by atoms with Crippen molar-refractivity contribution >= 4 is 50.3 Å². The summed E-state index contributed by atoms with van der Waals surface area (Å²) in [5.41, 5.74) is 5.47. The molecular formula is C15H26ClN3O3S2. The highest BCUT2D eigenvalue weighted by Crippen LogP contribution is 2.23. The molecule has 1 aromatic heterocycles. The van der Waals surface area contributed by atoms with Gasteiger partial charge in [-0.2, -0.15) is 0 Å². The van der Waals surface area contributed by atoms with Gasteiger partial charge in [-0.3, -0.25) is 9.52 Å². The summed E-state index contributed by atoms with van der Waals surface area (Å²) in [4.78, 5) is 21.7. The molecule has 0 bridgehead atoms. The third-order valence-corrected chi connectivity index (χ3v) is 6.16. The van der Waals surface area contributed by atoms with Crippen LogP contribution in [-0.2, 0) is 14.5 Å². The predicted octanol–water partition coefficient (Wildman–Crippen LogP) is 2.66. The molecule has 0 saturated heterocycles. The molecule has 0 radical (unpaired) electrons. The van der Waals surface area contributed by atoms with Crippen molar-refractivity contribution in [2.75, 3.05) is 6.54 Å². The van der Waals surface area contributed by atoms with Crippen molar-refractivity contribution in [1.82, 2.24) is 10.0 Å². The van der Waals surface area contributed by atoms with Gasteiger partial charge in [0.25, 0.3) is 0 Å². The zero-order chi connectivity index (χ0) is 18.9. The molecule has 138 valence electrons. The lowest BCUT2D eigenvalue weighted by molar-refractivity contribution is -0.118. The fraction of sp³-hybridized carbons (Fsp3) is 0.533. The molecule has 1 rings (SSSR count). The topological polar surface area (TPSA) is 101 Å². The third kappa shape index (κ3) is 9.27. The number of amides is 2. The van der Waals surface area contributed by atoms with E-state index < -0.39 is 15.7 Å². The quantitative estimate of drug-likeness (QED) is 0.644. The Hall–Kier alpha value is -1.09. The number of urea groups is 1. The molecule has 1 aromatic rings.